The van der Waals surface area contributed by atoms with E-state index in [1.165, 1.54) is 27.6 Å². The van der Waals surface area contributed by atoms with Crippen LogP contribution in [0.3, 0.4) is 0 Å². The van der Waals surface area contributed by atoms with Crippen LogP contribution in [-0.4, -0.2) is 32.2 Å². The number of carbonyl (C=O) groups excluding carboxylic acids is 1. The molecule has 5 nitrogen and oxygen atoms in total. The number of fused-ring (bicyclic) bond motifs is 1. The number of unbranched alkanes of at least 4 members (excludes halogenated alkanes) is 1. The minimum Gasteiger partial charge on any atom is -0.322 e. The van der Waals surface area contributed by atoms with Crippen molar-refractivity contribution in [3.63, 3.8) is 0 Å². The first-order chi connectivity index (χ1) is 12.9. The molecule has 27 heavy (non-hydrogen) atoms. The van der Waals surface area contributed by atoms with E-state index in [9.17, 15) is 13.2 Å². The predicted octanol–water partition coefficient (Wildman–Crippen LogP) is 3.85. The van der Waals surface area contributed by atoms with E-state index in [2.05, 4.69) is 5.32 Å². The summed E-state index contributed by atoms with van der Waals surface area (Å²) in [6, 6.07) is 12.2. The van der Waals surface area contributed by atoms with E-state index in [0.717, 1.165) is 32.1 Å². The molecule has 1 aliphatic carbocycles. The third kappa shape index (κ3) is 4.39. The molecule has 0 unspecified atom stereocenters. The summed E-state index contributed by atoms with van der Waals surface area (Å²) in [5.41, 5.74) is 3.79. The minimum atomic E-state index is -3.49. The lowest BCUT2D eigenvalue weighted by atomic mass is 10.1. The van der Waals surface area contributed by atoms with Crippen molar-refractivity contribution >= 4 is 21.6 Å². The Balaban J connectivity index is 1.69. The smallest absolute Gasteiger partial charge is 0.255 e. The molecule has 2 aromatic rings. The number of carbonyl (C=O) groups is 1. The van der Waals surface area contributed by atoms with Crippen molar-refractivity contribution in [3.8, 4) is 0 Å². The van der Waals surface area contributed by atoms with Crippen LogP contribution in [0.25, 0.3) is 0 Å². The van der Waals surface area contributed by atoms with E-state index in [0.29, 0.717) is 17.8 Å². The van der Waals surface area contributed by atoms with Gasteiger partial charge in [-0.3, -0.25) is 4.79 Å². The quantitative estimate of drug-likeness (QED) is 0.786. The van der Waals surface area contributed by atoms with Gasteiger partial charge in [-0.05, 0) is 73.2 Å². The second kappa shape index (κ2) is 8.23. The summed E-state index contributed by atoms with van der Waals surface area (Å²) in [6.45, 7) is 2.52. The number of sulfonamides is 1. The van der Waals surface area contributed by atoms with Crippen molar-refractivity contribution in [2.45, 2.75) is 43.9 Å². The van der Waals surface area contributed by atoms with Gasteiger partial charge < -0.3 is 5.32 Å². The van der Waals surface area contributed by atoms with Crippen LogP contribution in [0.1, 0.15) is 47.7 Å². The molecule has 144 valence electrons. The average Bonchev–Trinajstić information content (AvgIpc) is 3.14. The van der Waals surface area contributed by atoms with E-state index < -0.39 is 10.0 Å². The number of nitrogens with zero attached hydrogens (tertiary/aromatic N) is 1. The number of amides is 1. The van der Waals surface area contributed by atoms with Crippen LogP contribution in [0, 0.1) is 0 Å². The van der Waals surface area contributed by atoms with Gasteiger partial charge in [-0.1, -0.05) is 19.4 Å². The number of aryl methyl sites for hydroxylation is 2. The van der Waals surface area contributed by atoms with Crippen molar-refractivity contribution in [2.24, 2.45) is 0 Å². The highest BCUT2D eigenvalue weighted by Crippen LogP contribution is 2.24. The van der Waals surface area contributed by atoms with Gasteiger partial charge in [0.05, 0.1) is 4.90 Å². The van der Waals surface area contributed by atoms with Crippen LogP contribution in [0.2, 0.25) is 0 Å². The van der Waals surface area contributed by atoms with Gasteiger partial charge in [0.15, 0.2) is 0 Å². The number of anilines is 1. The van der Waals surface area contributed by atoms with Gasteiger partial charge in [0.25, 0.3) is 5.91 Å². The van der Waals surface area contributed by atoms with E-state index in [-0.39, 0.29) is 10.8 Å². The van der Waals surface area contributed by atoms with Crippen LogP contribution in [0.15, 0.2) is 47.4 Å². The maximum Gasteiger partial charge on any atom is 0.255 e. The number of hydrogen-bond acceptors (Lipinski definition) is 3. The molecule has 1 N–H and O–H groups in total. The van der Waals surface area contributed by atoms with Crippen molar-refractivity contribution in [1.82, 2.24) is 4.31 Å². The molecule has 2 aromatic carbocycles. The van der Waals surface area contributed by atoms with Gasteiger partial charge in [-0.15, -0.1) is 0 Å². The number of rotatable bonds is 7. The fourth-order valence-corrected chi connectivity index (χ4v) is 4.52. The summed E-state index contributed by atoms with van der Waals surface area (Å²) >= 11 is 0. The summed E-state index contributed by atoms with van der Waals surface area (Å²) in [6.07, 6.45) is 5.01. The third-order valence-corrected chi connectivity index (χ3v) is 6.88. The molecular formula is C21H26N2O3S. The van der Waals surface area contributed by atoms with E-state index in [4.69, 9.17) is 0 Å². The first kappa shape index (κ1) is 19.6. The molecule has 0 radical (unpaired) electrons. The summed E-state index contributed by atoms with van der Waals surface area (Å²) in [5, 5.41) is 2.84. The number of benzene rings is 2. The van der Waals surface area contributed by atoms with Gasteiger partial charge >= 0.3 is 0 Å². The van der Waals surface area contributed by atoms with Crippen molar-refractivity contribution in [3.05, 3.63) is 59.2 Å². The second-order valence-corrected chi connectivity index (χ2v) is 9.04. The standard InChI is InChI=1S/C21H26N2O3S/c1-3-4-14-23(2)27(25,26)20-12-10-19(11-13-20)22-21(24)18-9-8-16-6-5-7-17(16)15-18/h8-13,15H,3-7,14H2,1-2H3,(H,22,24). The SMILES string of the molecule is CCCCN(C)S(=O)(=O)c1ccc(NC(=O)c2ccc3c(c2)CCC3)cc1. The first-order valence-corrected chi connectivity index (χ1v) is 10.9. The normalized spacial score (nSPS) is 13.6. The molecule has 6 heteroatoms. The highest BCUT2D eigenvalue weighted by atomic mass is 32.2. The molecule has 1 aliphatic rings. The Morgan fingerprint density at radius 3 is 2.48 bits per heavy atom. The predicted molar refractivity (Wildman–Crippen MR) is 108 cm³/mol. The minimum absolute atomic E-state index is 0.180. The van der Waals surface area contributed by atoms with Gasteiger partial charge in [0.2, 0.25) is 10.0 Å². The van der Waals surface area contributed by atoms with Crippen molar-refractivity contribution in [1.29, 1.82) is 0 Å². The average molecular weight is 387 g/mol. The summed E-state index contributed by atoms with van der Waals surface area (Å²) < 4.78 is 26.4. The maximum absolute atomic E-state index is 12.5. The monoisotopic (exact) mass is 386 g/mol. The lowest BCUT2D eigenvalue weighted by molar-refractivity contribution is 0.102. The summed E-state index contributed by atoms with van der Waals surface area (Å²) in [5.74, 6) is -0.180. The summed E-state index contributed by atoms with van der Waals surface area (Å²) in [7, 11) is -1.90. The van der Waals surface area contributed by atoms with Crippen LogP contribution in [0.4, 0.5) is 5.69 Å². The molecule has 1 amide bonds. The molecule has 3 rings (SSSR count). The molecule has 0 heterocycles. The van der Waals surface area contributed by atoms with Gasteiger partial charge in [0.1, 0.15) is 0 Å². The van der Waals surface area contributed by atoms with E-state index in [1.54, 1.807) is 19.2 Å². The molecule has 0 saturated heterocycles. The lowest BCUT2D eigenvalue weighted by Gasteiger charge is -2.17. The lowest BCUT2D eigenvalue weighted by Crippen LogP contribution is -2.27. The van der Waals surface area contributed by atoms with Crippen LogP contribution in [-0.2, 0) is 22.9 Å². The molecule has 0 aromatic heterocycles. The molecule has 0 spiro atoms. The van der Waals surface area contributed by atoms with Gasteiger partial charge in [-0.2, -0.15) is 0 Å². The third-order valence-electron chi connectivity index (χ3n) is 5.01. The Bertz CT molecular complexity index is 921. The first-order valence-electron chi connectivity index (χ1n) is 9.41. The van der Waals surface area contributed by atoms with E-state index in [1.807, 2.05) is 25.1 Å². The van der Waals surface area contributed by atoms with Gasteiger partial charge in [0, 0.05) is 24.8 Å². The zero-order chi connectivity index (χ0) is 19.4. The molecule has 0 bridgehead atoms. The maximum atomic E-state index is 12.5. The Kier molecular flexibility index (Phi) is 5.97. The molecule has 0 saturated carbocycles. The Morgan fingerprint density at radius 2 is 1.78 bits per heavy atom. The fourth-order valence-electron chi connectivity index (χ4n) is 3.31. The highest BCUT2D eigenvalue weighted by Gasteiger charge is 2.20. The Labute approximate surface area is 161 Å². The van der Waals surface area contributed by atoms with Gasteiger partial charge in [-0.25, -0.2) is 12.7 Å². The summed E-state index contributed by atoms with van der Waals surface area (Å²) in [4.78, 5) is 12.7. The number of hydrogen-bond donors (Lipinski definition) is 1. The second-order valence-electron chi connectivity index (χ2n) is 7.00. The molecule has 0 atom stereocenters. The Morgan fingerprint density at radius 1 is 1.07 bits per heavy atom. The molecule has 0 fully saturated rings. The zero-order valence-corrected chi connectivity index (χ0v) is 16.7. The van der Waals surface area contributed by atoms with Crippen molar-refractivity contribution in [2.75, 3.05) is 18.9 Å². The number of nitrogens with one attached hydrogen (secondary N) is 1. The van der Waals surface area contributed by atoms with Crippen LogP contribution < -0.4 is 5.32 Å². The van der Waals surface area contributed by atoms with Crippen molar-refractivity contribution < 1.29 is 13.2 Å². The fraction of sp³-hybridized carbons (Fsp3) is 0.381. The van der Waals surface area contributed by atoms with Crippen LogP contribution >= 0.6 is 0 Å². The molecular weight excluding hydrogens is 360 g/mol. The largest absolute Gasteiger partial charge is 0.322 e. The molecule has 0 aliphatic heterocycles. The van der Waals surface area contributed by atoms with Crippen LogP contribution in [0.5, 0.6) is 0 Å². The zero-order valence-electron chi connectivity index (χ0n) is 15.9. The Hall–Kier alpha value is -2.18. The van der Waals surface area contributed by atoms with E-state index >= 15 is 0 Å². The topological polar surface area (TPSA) is 66.5 Å². The highest BCUT2D eigenvalue weighted by molar-refractivity contribution is 7.89.